The fourth-order valence-corrected chi connectivity index (χ4v) is 17.1. The van der Waals surface area contributed by atoms with E-state index in [9.17, 15) is 24.7 Å². The predicted molar refractivity (Wildman–Crippen MR) is 503 cm³/mol. The largest absolute Gasteiger partial charge is 0.456 e. The van der Waals surface area contributed by atoms with Gasteiger partial charge >= 0.3 is 0 Å². The van der Waals surface area contributed by atoms with Gasteiger partial charge in [-0.05, 0) is 261 Å². The topological polar surface area (TPSA) is 24.6 Å². The van der Waals surface area contributed by atoms with Crippen LogP contribution in [-0.4, -0.2) is 4.57 Å². The Bertz CT molecular complexity index is 8730. The average molecular weight is 1560 g/mol. The van der Waals surface area contributed by atoms with Crippen LogP contribution in [0.15, 0.2) is 386 Å². The zero-order valence-electron chi connectivity index (χ0n) is 90.8. The van der Waals surface area contributed by atoms with Crippen molar-refractivity contribution in [3.63, 3.8) is 0 Å². The number of anilines is 6. The van der Waals surface area contributed by atoms with Crippen LogP contribution in [-0.2, 0) is 16.2 Å². The van der Waals surface area contributed by atoms with E-state index in [0.29, 0.717) is 50.9 Å². The molecule has 19 aromatic rings. The van der Waals surface area contributed by atoms with Crippen LogP contribution >= 0.6 is 0 Å². The number of furan rings is 1. The van der Waals surface area contributed by atoms with Crippen LogP contribution in [0.1, 0.15) is 135 Å². The molecule has 2 aromatic heterocycles. The molecule has 4 nitrogen and oxygen atoms in total. The van der Waals surface area contributed by atoms with Gasteiger partial charge in [0.15, 0.2) is 0 Å². The molecule has 21 rings (SSSR count). The third kappa shape index (κ3) is 12.8. The van der Waals surface area contributed by atoms with Gasteiger partial charge in [0, 0.05) is 78.2 Å². The van der Waals surface area contributed by atoms with Crippen LogP contribution in [0.3, 0.4) is 0 Å². The highest BCUT2D eigenvalue weighted by molar-refractivity contribution is 6.12. The molecule has 1 unspecified atom stereocenters. The van der Waals surface area contributed by atoms with Crippen molar-refractivity contribution >= 4 is 77.9 Å². The zero-order valence-corrected chi connectivity index (χ0v) is 66.8. The van der Waals surface area contributed by atoms with Crippen molar-refractivity contribution in [2.24, 2.45) is 0 Å². The summed E-state index contributed by atoms with van der Waals surface area (Å²) in [5.74, 6) is -1.38. The third-order valence-electron chi connectivity index (χ3n) is 23.2. The quantitative estimate of drug-likeness (QED) is 0.152. The minimum atomic E-state index is -1.38. The monoisotopic (exact) mass is 1550 g/mol. The maximum Gasteiger partial charge on any atom is 0.135 e. The highest BCUT2D eigenvalue weighted by Gasteiger charge is 2.35. The lowest BCUT2D eigenvalue weighted by Gasteiger charge is -2.36. The minimum Gasteiger partial charge on any atom is -0.456 e. The number of fused-ring (bicyclic) bond motifs is 20. The van der Waals surface area contributed by atoms with E-state index in [2.05, 4.69) is 200 Å². The third-order valence-corrected chi connectivity index (χ3v) is 23.2. The Hall–Kier alpha value is -14.1. The molecule has 4 heteroatoms. The highest BCUT2D eigenvalue weighted by Crippen LogP contribution is 2.57. The minimum absolute atomic E-state index is 0.0370. The van der Waals surface area contributed by atoms with Gasteiger partial charge in [0.2, 0.25) is 0 Å². The van der Waals surface area contributed by atoms with Crippen molar-refractivity contribution in [3.8, 4) is 106 Å². The number of rotatable bonds is 8. The molecule has 0 fully saturated rings. The van der Waals surface area contributed by atoms with Crippen LogP contribution < -0.4 is 9.80 Å². The number of hydrogen-bond acceptors (Lipinski definition) is 3. The van der Waals surface area contributed by atoms with Crippen molar-refractivity contribution in [3.05, 3.63) is 415 Å². The fraction of sp³-hybridized carbons (Fsp3) is 0.113. The summed E-state index contributed by atoms with van der Waals surface area (Å²) in [5, 5.41) is 1.23. The Morgan fingerprint density at radius 3 is 1.26 bits per heavy atom. The van der Waals surface area contributed by atoms with E-state index in [4.69, 9.17) is 12.6 Å². The van der Waals surface area contributed by atoms with Crippen LogP contribution in [0.5, 0.6) is 0 Å². The summed E-state index contributed by atoms with van der Waals surface area (Å²) >= 11 is 0. The highest BCUT2D eigenvalue weighted by atomic mass is 16.3. The molecule has 0 radical (unpaired) electrons. The number of benzene rings is 17. The Labute approximate surface area is 731 Å². The number of para-hydroxylation sites is 1. The molecule has 0 saturated carbocycles. The van der Waals surface area contributed by atoms with Crippen LogP contribution in [0.2, 0.25) is 0 Å². The summed E-state index contributed by atoms with van der Waals surface area (Å²) in [4.78, 5) is 4.35. The summed E-state index contributed by atoms with van der Waals surface area (Å²) in [6.45, 7) is 19.3. The van der Waals surface area contributed by atoms with Crippen LogP contribution in [0.25, 0.3) is 150 Å². The Morgan fingerprint density at radius 2 is 0.689 bits per heavy atom. The molecule has 3 heterocycles. The van der Waals surface area contributed by atoms with E-state index >= 15 is 0 Å². The lowest BCUT2D eigenvalue weighted by molar-refractivity contribution is 0.590. The van der Waals surface area contributed by atoms with Crippen molar-refractivity contribution in [1.29, 1.82) is 0 Å². The summed E-state index contributed by atoms with van der Waals surface area (Å²) in [7, 11) is 0. The summed E-state index contributed by atoms with van der Waals surface area (Å²) in [6.07, 6.45) is 0. The first-order chi connectivity index (χ1) is 67.9. The van der Waals surface area contributed by atoms with Crippen molar-refractivity contribution < 1.29 is 37.3 Å². The van der Waals surface area contributed by atoms with Gasteiger partial charge in [0.25, 0.3) is 0 Å². The summed E-state index contributed by atoms with van der Waals surface area (Å²) in [6, 6.07) is 62.9. The maximum absolute atomic E-state index is 10.4. The summed E-state index contributed by atoms with van der Waals surface area (Å²) < 4.78 is 237. The second kappa shape index (κ2) is 28.4. The van der Waals surface area contributed by atoms with E-state index in [1.807, 2.05) is 91.0 Å². The normalized spacial score (nSPS) is 16.1. The van der Waals surface area contributed by atoms with E-state index in [1.54, 1.807) is 18.2 Å². The number of aromatic nitrogens is 1. The molecule has 1 aliphatic carbocycles. The maximum atomic E-state index is 10.4. The molecule has 1 atom stereocenters. The van der Waals surface area contributed by atoms with Crippen LogP contribution in [0.4, 0.5) is 34.1 Å². The van der Waals surface area contributed by atoms with Crippen molar-refractivity contribution in [2.75, 3.05) is 9.80 Å². The van der Waals surface area contributed by atoms with E-state index in [-0.39, 0.29) is 49.7 Å². The van der Waals surface area contributed by atoms with Gasteiger partial charge in [-0.25, -0.2) is 0 Å². The van der Waals surface area contributed by atoms with E-state index < -0.39 is 189 Å². The first kappa shape index (κ1) is 51.1. The van der Waals surface area contributed by atoms with Gasteiger partial charge < -0.3 is 18.8 Å². The molecule has 0 spiro atoms. The second-order valence-electron chi connectivity index (χ2n) is 33.8. The van der Waals surface area contributed by atoms with Gasteiger partial charge in [0.1, 0.15) is 11.2 Å². The summed E-state index contributed by atoms with van der Waals surface area (Å²) in [5.41, 5.74) is 12.2. The molecular formula is C115H91N3O. The standard InChI is InChI=1S/C115H91N3O/c1-113(2,3)86-65-92-72-93(66-86)117(90-44-29-45-91(71-90)118-106-49-25-24-47-95(106)103-62-80(51-55-107(103)118)74-32-16-11-17-33-74)112-99(76-36-20-13-21-37-76)68-88(115(7,8)9)70-101(112)84-41-27-39-78(59-84)82-53-57-109-105(64-82)104-63-81(52-56-108(104)119-109)77-38-26-40-83(58-77)100-69-87(114(4,5)6)67-98(75-34-18-12-19-35-75)111(100)116(92)89-43-28-42-85(60-89)110-96-48-23-22-46-94(96)102-61-79(50-54-97(102)110)73-30-14-10-15-31-73/h10-72,110H,1-9H3/i10D,11D,14D,15D,16D,17D,22D,23D,24D,25D,30D,31D,32D,33D,46D,47D,48D,49D,50D,51D,54D,55D,61D,62D. The predicted octanol–water partition coefficient (Wildman–Crippen LogP) is 32.3. The smallest absolute Gasteiger partial charge is 0.135 e. The second-order valence-corrected chi connectivity index (χ2v) is 33.8. The fourth-order valence-electron chi connectivity index (χ4n) is 17.1. The zero-order chi connectivity index (χ0) is 101. The number of nitrogens with zero attached hydrogens (tertiary/aromatic N) is 3. The Kier molecular flexibility index (Phi) is 12.2. The molecule has 1 aliphatic heterocycles. The lowest BCUT2D eigenvalue weighted by atomic mass is 9.81. The van der Waals surface area contributed by atoms with Gasteiger partial charge in [-0.1, -0.05) is 311 Å². The lowest BCUT2D eigenvalue weighted by Crippen LogP contribution is -2.20. The molecule has 17 aromatic carbocycles. The van der Waals surface area contributed by atoms with Gasteiger partial charge in [-0.3, -0.25) is 0 Å². The molecule has 0 amide bonds. The van der Waals surface area contributed by atoms with Gasteiger partial charge in [0.05, 0.1) is 55.3 Å². The molecule has 10 bridgehead atoms. The van der Waals surface area contributed by atoms with Crippen LogP contribution in [0, 0.1) is 0 Å². The Morgan fingerprint density at radius 1 is 0.261 bits per heavy atom. The van der Waals surface area contributed by atoms with E-state index in [1.165, 1.54) is 4.57 Å². The Balaban J connectivity index is 0.943. The van der Waals surface area contributed by atoms with Crippen molar-refractivity contribution in [1.82, 2.24) is 4.57 Å². The van der Waals surface area contributed by atoms with Crippen molar-refractivity contribution in [2.45, 2.75) is 84.5 Å². The van der Waals surface area contributed by atoms with Gasteiger partial charge in [-0.15, -0.1) is 0 Å². The SMILES string of the molecule is [2H]c1c([2H])c([2H])c(-c2c([2H])c([2H])c3c(c2[2H])-c2c([2H])c([2H])c([2H])c([2H])c2C3c2cccc(N3c4cc(cc(C(C)(C)C)c4)N(c4cccc(-n5c6c([2H])c([2H])c([2H])c([2H])c6c6c([2H])c(-c7c([2H])c([2H])c([2H])c([2H])c7[2H])c([2H])c([2H])c65)c4)c4c(-c5ccccc5)cc(C(C)(C)C)cc4-c4cccc(c4)-c4ccc5oc6ccc(cc6c5c4)-c4cccc(c4)-c4cc(C(C)(C)C)cc(-c5ccccc5)c43)c2)c([2H])c1[2H]. The average Bonchev–Trinajstić information content (AvgIpc) is 1.57. The molecule has 0 saturated heterocycles. The molecular weight excluding hydrogens is 1440 g/mol. The molecule has 119 heavy (non-hydrogen) atoms. The van der Waals surface area contributed by atoms with E-state index in [0.717, 1.165) is 94.2 Å². The molecule has 572 valence electrons. The molecule has 2 aliphatic rings. The first-order valence-corrected chi connectivity index (χ1v) is 39.9. The molecule has 0 N–H and O–H groups in total. The first-order valence-electron chi connectivity index (χ1n) is 51.9. The number of hydrogen-bond donors (Lipinski definition) is 0. The van der Waals surface area contributed by atoms with Gasteiger partial charge in [-0.2, -0.15) is 0 Å².